The maximum Gasteiger partial charge on any atom is 0.293 e. The van der Waals surface area contributed by atoms with E-state index in [-0.39, 0.29) is 23.6 Å². The molecule has 34 heavy (non-hydrogen) atoms. The van der Waals surface area contributed by atoms with Crippen molar-refractivity contribution in [3.63, 3.8) is 0 Å². The summed E-state index contributed by atoms with van der Waals surface area (Å²) in [4.78, 5) is 32.7. The van der Waals surface area contributed by atoms with Crippen molar-refractivity contribution in [1.82, 2.24) is 24.8 Å². The van der Waals surface area contributed by atoms with Crippen molar-refractivity contribution in [2.24, 2.45) is 5.92 Å². The van der Waals surface area contributed by atoms with Gasteiger partial charge in [0.25, 0.3) is 5.91 Å². The normalized spacial score (nSPS) is 14.4. The number of piperidine rings is 1. The Labute approximate surface area is 198 Å². The number of likely N-dealkylation sites (tertiary alicyclic amines) is 1. The van der Waals surface area contributed by atoms with Crippen molar-refractivity contribution in [3.8, 4) is 16.4 Å². The van der Waals surface area contributed by atoms with Gasteiger partial charge in [-0.15, -0.1) is 16.4 Å². The van der Waals surface area contributed by atoms with E-state index in [1.54, 1.807) is 30.0 Å². The summed E-state index contributed by atoms with van der Waals surface area (Å²) in [6.07, 6.45) is 1.02. The summed E-state index contributed by atoms with van der Waals surface area (Å²) in [5.74, 6) is 0.402. The number of amides is 2. The molecule has 0 saturated carbocycles. The molecule has 1 saturated heterocycles. The van der Waals surface area contributed by atoms with Gasteiger partial charge in [0.2, 0.25) is 11.7 Å². The number of halogens is 1. The molecule has 5 rings (SSSR count). The van der Waals surface area contributed by atoms with Crippen LogP contribution in [0.2, 0.25) is 0 Å². The van der Waals surface area contributed by atoms with Crippen LogP contribution >= 0.6 is 11.3 Å². The number of hydrogen-bond acceptors (Lipinski definition) is 7. The van der Waals surface area contributed by atoms with Gasteiger partial charge in [-0.1, -0.05) is 17.3 Å². The Bertz CT molecular complexity index is 1320. The molecule has 1 fully saturated rings. The van der Waals surface area contributed by atoms with E-state index >= 15 is 0 Å². The molecular weight excluding hydrogens is 459 g/mol. The zero-order valence-corrected chi connectivity index (χ0v) is 19.1. The second kappa shape index (κ2) is 9.18. The fourth-order valence-corrected chi connectivity index (χ4v) is 4.59. The van der Waals surface area contributed by atoms with Gasteiger partial charge in [-0.25, -0.2) is 14.1 Å². The van der Waals surface area contributed by atoms with Crippen molar-refractivity contribution >= 4 is 29.0 Å². The minimum absolute atomic E-state index is 0.0358. The number of nitrogens with one attached hydrogen (secondary N) is 1. The number of carbonyl (C=O) groups excluding carboxylic acids is 2. The molecule has 0 aliphatic carbocycles. The molecule has 11 heteroatoms. The van der Waals surface area contributed by atoms with Gasteiger partial charge in [-0.05, 0) is 49.4 Å². The molecular formula is C23H21FN6O3S. The second-order valence-electron chi connectivity index (χ2n) is 8.01. The van der Waals surface area contributed by atoms with Gasteiger partial charge >= 0.3 is 0 Å². The van der Waals surface area contributed by atoms with Crippen LogP contribution < -0.4 is 5.32 Å². The number of rotatable bonds is 5. The molecule has 0 spiro atoms. The lowest BCUT2D eigenvalue weighted by Gasteiger charge is -2.30. The molecule has 0 atom stereocenters. The lowest BCUT2D eigenvalue weighted by molar-refractivity contribution is -0.121. The SMILES string of the molecule is Cc1cc(NC(=O)C2CCN(C(=O)c3nc(-c4cccs4)n(-c4cccc(F)c4)n3)CC2)no1. The summed E-state index contributed by atoms with van der Waals surface area (Å²) >= 11 is 1.46. The van der Waals surface area contributed by atoms with Crippen molar-refractivity contribution in [2.75, 3.05) is 18.4 Å². The maximum absolute atomic E-state index is 13.8. The van der Waals surface area contributed by atoms with Gasteiger partial charge in [0.05, 0.1) is 10.6 Å². The Morgan fingerprint density at radius 3 is 2.68 bits per heavy atom. The molecule has 4 heterocycles. The van der Waals surface area contributed by atoms with E-state index in [1.807, 2.05) is 17.5 Å². The van der Waals surface area contributed by atoms with Crippen LogP contribution in [0.15, 0.2) is 52.4 Å². The molecule has 0 unspecified atom stereocenters. The number of thiophene rings is 1. The van der Waals surface area contributed by atoms with Crippen LogP contribution in [0.1, 0.15) is 29.2 Å². The molecule has 1 N–H and O–H groups in total. The summed E-state index contributed by atoms with van der Waals surface area (Å²) in [5, 5.41) is 12.9. The Kier molecular flexibility index (Phi) is 5.93. The molecule has 1 aromatic carbocycles. The van der Waals surface area contributed by atoms with Crippen LogP contribution in [0.5, 0.6) is 0 Å². The van der Waals surface area contributed by atoms with Crippen LogP contribution in [0.25, 0.3) is 16.4 Å². The topological polar surface area (TPSA) is 106 Å². The predicted octanol–water partition coefficient (Wildman–Crippen LogP) is 3.92. The van der Waals surface area contributed by atoms with Crippen LogP contribution in [0, 0.1) is 18.7 Å². The summed E-state index contributed by atoms with van der Waals surface area (Å²) in [7, 11) is 0. The predicted molar refractivity (Wildman–Crippen MR) is 123 cm³/mol. The van der Waals surface area contributed by atoms with Crippen molar-refractivity contribution in [3.05, 3.63) is 65.2 Å². The smallest absolute Gasteiger partial charge is 0.293 e. The van der Waals surface area contributed by atoms with E-state index in [9.17, 15) is 14.0 Å². The van der Waals surface area contributed by atoms with Gasteiger partial charge in [-0.3, -0.25) is 9.59 Å². The number of benzene rings is 1. The van der Waals surface area contributed by atoms with Gasteiger partial charge in [0.1, 0.15) is 11.6 Å². The van der Waals surface area contributed by atoms with Crippen molar-refractivity contribution in [2.45, 2.75) is 19.8 Å². The number of anilines is 1. The molecule has 1 aliphatic rings. The lowest BCUT2D eigenvalue weighted by atomic mass is 9.96. The first kappa shape index (κ1) is 22.0. The van der Waals surface area contributed by atoms with Crippen LogP contribution in [-0.2, 0) is 4.79 Å². The Hall–Kier alpha value is -3.86. The molecule has 1 aliphatic heterocycles. The second-order valence-corrected chi connectivity index (χ2v) is 8.95. The number of aryl methyl sites for hydroxylation is 1. The maximum atomic E-state index is 13.8. The molecule has 0 bridgehead atoms. The largest absolute Gasteiger partial charge is 0.360 e. The quantitative estimate of drug-likeness (QED) is 0.464. The minimum Gasteiger partial charge on any atom is -0.360 e. The zero-order chi connectivity index (χ0) is 23.7. The average molecular weight is 481 g/mol. The molecule has 3 aromatic heterocycles. The van der Waals surface area contributed by atoms with E-state index in [0.29, 0.717) is 49.0 Å². The summed E-state index contributed by atoms with van der Waals surface area (Å²) in [6.45, 7) is 2.55. The number of aromatic nitrogens is 4. The van der Waals surface area contributed by atoms with E-state index in [4.69, 9.17) is 4.52 Å². The monoisotopic (exact) mass is 480 g/mol. The third kappa shape index (κ3) is 4.46. The first-order valence-corrected chi connectivity index (χ1v) is 11.7. The van der Waals surface area contributed by atoms with Crippen molar-refractivity contribution < 1.29 is 18.5 Å². The fourth-order valence-electron chi connectivity index (χ4n) is 3.90. The van der Waals surface area contributed by atoms with Crippen molar-refractivity contribution in [1.29, 1.82) is 0 Å². The van der Waals surface area contributed by atoms with Gasteiger partial charge in [0.15, 0.2) is 11.6 Å². The Balaban J connectivity index is 1.31. The highest BCUT2D eigenvalue weighted by molar-refractivity contribution is 7.13. The number of carbonyl (C=O) groups is 2. The lowest BCUT2D eigenvalue weighted by Crippen LogP contribution is -2.41. The Morgan fingerprint density at radius 1 is 1.18 bits per heavy atom. The molecule has 4 aromatic rings. The third-order valence-corrected chi connectivity index (χ3v) is 6.49. The van der Waals surface area contributed by atoms with Crippen LogP contribution in [0.3, 0.4) is 0 Å². The summed E-state index contributed by atoms with van der Waals surface area (Å²) in [6, 6.07) is 11.4. The number of hydrogen-bond donors (Lipinski definition) is 1. The highest BCUT2D eigenvalue weighted by atomic mass is 32.1. The van der Waals surface area contributed by atoms with E-state index in [1.165, 1.54) is 28.2 Å². The van der Waals surface area contributed by atoms with E-state index in [2.05, 4.69) is 20.6 Å². The summed E-state index contributed by atoms with van der Waals surface area (Å²) in [5.41, 5.74) is 0.480. The zero-order valence-electron chi connectivity index (χ0n) is 18.3. The fraction of sp³-hybridized carbons (Fsp3) is 0.261. The Morgan fingerprint density at radius 2 is 2.00 bits per heavy atom. The molecule has 2 amide bonds. The molecule has 0 radical (unpaired) electrons. The number of nitrogens with zero attached hydrogens (tertiary/aromatic N) is 5. The first-order chi connectivity index (χ1) is 16.5. The highest BCUT2D eigenvalue weighted by Gasteiger charge is 2.30. The standard InChI is InChI=1S/C23H21FN6O3S/c1-14-12-19(28-33-14)25-22(31)15-7-9-29(10-8-15)23(32)20-26-21(18-6-3-11-34-18)30(27-20)17-5-2-4-16(24)13-17/h2-6,11-13,15H,7-10H2,1H3,(H,25,28,31). The van der Waals surface area contributed by atoms with Crippen LogP contribution in [-0.4, -0.2) is 49.7 Å². The van der Waals surface area contributed by atoms with E-state index < -0.39 is 5.82 Å². The van der Waals surface area contributed by atoms with E-state index in [0.717, 1.165) is 4.88 Å². The molecule has 174 valence electrons. The highest BCUT2D eigenvalue weighted by Crippen LogP contribution is 2.27. The third-order valence-electron chi connectivity index (χ3n) is 5.62. The van der Waals surface area contributed by atoms with Crippen LogP contribution in [0.4, 0.5) is 10.2 Å². The summed E-state index contributed by atoms with van der Waals surface area (Å²) < 4.78 is 20.3. The minimum atomic E-state index is -0.404. The first-order valence-electron chi connectivity index (χ1n) is 10.8. The van der Waals surface area contributed by atoms with Gasteiger partial charge in [-0.2, -0.15) is 0 Å². The van der Waals surface area contributed by atoms with Gasteiger partial charge in [0, 0.05) is 25.1 Å². The average Bonchev–Trinajstić information content (AvgIpc) is 3.59. The molecule has 9 nitrogen and oxygen atoms in total. The van der Waals surface area contributed by atoms with Gasteiger partial charge < -0.3 is 14.7 Å².